The van der Waals surface area contributed by atoms with Crippen LogP contribution in [0.25, 0.3) is 6.08 Å². The number of esters is 1. The number of allylic oxidation sites excluding steroid dienone is 1. The van der Waals surface area contributed by atoms with Gasteiger partial charge in [0.05, 0.1) is 7.11 Å². The van der Waals surface area contributed by atoms with Gasteiger partial charge in [-0.05, 0) is 30.7 Å². The van der Waals surface area contributed by atoms with Gasteiger partial charge in [0.15, 0.2) is 5.78 Å². The van der Waals surface area contributed by atoms with E-state index in [1.54, 1.807) is 24.3 Å². The molecule has 0 spiro atoms. The van der Waals surface area contributed by atoms with Gasteiger partial charge in [-0.25, -0.2) is 4.79 Å². The molecule has 1 aromatic rings. The second kappa shape index (κ2) is 8.17. The number of methoxy groups -OCH3 is 1. The van der Waals surface area contributed by atoms with Crippen LogP contribution in [0.3, 0.4) is 0 Å². The Hall–Kier alpha value is -2.07. The van der Waals surface area contributed by atoms with Gasteiger partial charge in [0, 0.05) is 17.8 Å². The van der Waals surface area contributed by atoms with Crippen LogP contribution in [0.5, 0.6) is 0 Å². The smallest absolute Gasteiger partial charge is 0.343 e. The number of ether oxygens (including phenoxy) is 1. The first-order valence-electron chi connectivity index (χ1n) is 6.08. The molecule has 1 N–H and O–H groups in total. The summed E-state index contributed by atoms with van der Waals surface area (Å²) >= 11 is 5.85. The SMILES string of the molecule is CCN/C=C(/C(=O)/C=C/c1cccc(Cl)c1)C(=O)OC. The highest BCUT2D eigenvalue weighted by atomic mass is 35.5. The molecule has 0 saturated heterocycles. The maximum Gasteiger partial charge on any atom is 0.343 e. The highest BCUT2D eigenvalue weighted by Crippen LogP contribution is 2.12. The topological polar surface area (TPSA) is 55.4 Å². The second-order valence-corrected chi connectivity index (χ2v) is 4.30. The number of hydrogen-bond acceptors (Lipinski definition) is 4. The molecule has 1 rings (SSSR count). The zero-order chi connectivity index (χ0) is 15.0. The van der Waals surface area contributed by atoms with Crippen LogP contribution in [0.15, 0.2) is 42.1 Å². The van der Waals surface area contributed by atoms with E-state index < -0.39 is 11.8 Å². The highest BCUT2D eigenvalue weighted by molar-refractivity contribution is 6.30. The summed E-state index contributed by atoms with van der Waals surface area (Å²) in [6, 6.07) is 7.05. The quantitative estimate of drug-likeness (QED) is 0.379. The van der Waals surface area contributed by atoms with E-state index in [9.17, 15) is 9.59 Å². The number of hydrogen-bond donors (Lipinski definition) is 1. The van der Waals surface area contributed by atoms with Gasteiger partial charge >= 0.3 is 5.97 Å². The lowest BCUT2D eigenvalue weighted by Gasteiger charge is -2.02. The first kappa shape index (κ1) is 16.0. The van der Waals surface area contributed by atoms with Crippen LogP contribution in [0.2, 0.25) is 5.02 Å². The summed E-state index contributed by atoms with van der Waals surface area (Å²) in [4.78, 5) is 23.5. The standard InChI is InChI=1S/C15H16ClNO3/c1-3-17-10-13(15(19)20-2)14(18)8-7-11-5-4-6-12(16)9-11/h4-10,17H,3H2,1-2H3/b8-7+,13-10-. The van der Waals surface area contributed by atoms with Crippen molar-refractivity contribution >= 4 is 29.4 Å². The number of carbonyl (C=O) groups is 2. The van der Waals surface area contributed by atoms with E-state index >= 15 is 0 Å². The first-order valence-corrected chi connectivity index (χ1v) is 6.46. The van der Waals surface area contributed by atoms with Crippen LogP contribution in [0.4, 0.5) is 0 Å². The molecule has 0 aliphatic heterocycles. The summed E-state index contributed by atoms with van der Waals surface area (Å²) in [5.41, 5.74) is 0.728. The number of halogens is 1. The van der Waals surface area contributed by atoms with Gasteiger partial charge in [-0.1, -0.05) is 29.8 Å². The van der Waals surface area contributed by atoms with E-state index in [0.29, 0.717) is 11.6 Å². The molecular weight excluding hydrogens is 278 g/mol. The average Bonchev–Trinajstić information content (AvgIpc) is 2.45. The molecule has 0 unspecified atom stereocenters. The minimum Gasteiger partial charge on any atom is -0.465 e. The molecule has 0 heterocycles. The predicted octanol–water partition coefficient (Wildman–Crippen LogP) is 2.59. The third kappa shape index (κ3) is 4.90. The third-order valence-corrected chi connectivity index (χ3v) is 2.63. The minimum absolute atomic E-state index is 0.0485. The molecule has 0 aliphatic carbocycles. The van der Waals surface area contributed by atoms with E-state index in [1.165, 1.54) is 19.4 Å². The van der Waals surface area contributed by atoms with Crippen molar-refractivity contribution in [3.63, 3.8) is 0 Å². The van der Waals surface area contributed by atoms with Crippen LogP contribution in [0, 0.1) is 0 Å². The van der Waals surface area contributed by atoms with Crippen molar-refractivity contribution in [1.82, 2.24) is 5.32 Å². The molecule has 0 amide bonds. The number of carbonyl (C=O) groups excluding carboxylic acids is 2. The van der Waals surface area contributed by atoms with Crippen LogP contribution < -0.4 is 5.32 Å². The normalized spacial score (nSPS) is 11.4. The Morgan fingerprint density at radius 2 is 2.15 bits per heavy atom. The lowest BCUT2D eigenvalue weighted by atomic mass is 10.1. The molecule has 0 aromatic heterocycles. The molecule has 0 aliphatic rings. The summed E-state index contributed by atoms with van der Waals surface area (Å²) in [6.07, 6.45) is 4.26. The van der Waals surface area contributed by atoms with Crippen LogP contribution in [-0.4, -0.2) is 25.4 Å². The summed E-state index contributed by atoms with van der Waals surface area (Å²) in [6.45, 7) is 2.46. The predicted molar refractivity (Wildman–Crippen MR) is 79.3 cm³/mol. The molecule has 1 aromatic carbocycles. The summed E-state index contributed by atoms with van der Waals surface area (Å²) < 4.78 is 4.58. The van der Waals surface area contributed by atoms with E-state index in [2.05, 4.69) is 10.1 Å². The zero-order valence-electron chi connectivity index (χ0n) is 11.4. The summed E-state index contributed by atoms with van der Waals surface area (Å²) in [5.74, 6) is -1.11. The fourth-order valence-electron chi connectivity index (χ4n) is 1.42. The Morgan fingerprint density at radius 3 is 2.75 bits per heavy atom. The third-order valence-electron chi connectivity index (χ3n) is 2.40. The van der Waals surface area contributed by atoms with Gasteiger partial charge in [0.1, 0.15) is 5.57 Å². The summed E-state index contributed by atoms with van der Waals surface area (Å²) in [5, 5.41) is 3.39. The zero-order valence-corrected chi connectivity index (χ0v) is 12.1. The molecule has 0 radical (unpaired) electrons. The van der Waals surface area contributed by atoms with Crippen molar-refractivity contribution in [2.75, 3.05) is 13.7 Å². The molecule has 5 heteroatoms. The molecule has 20 heavy (non-hydrogen) atoms. The molecule has 0 bridgehead atoms. The molecule has 0 saturated carbocycles. The monoisotopic (exact) mass is 293 g/mol. The Morgan fingerprint density at radius 1 is 1.40 bits per heavy atom. The number of nitrogens with one attached hydrogen (secondary N) is 1. The lowest BCUT2D eigenvalue weighted by Crippen LogP contribution is -2.17. The molecular formula is C15H16ClNO3. The number of benzene rings is 1. The van der Waals surface area contributed by atoms with E-state index in [0.717, 1.165) is 5.56 Å². The van der Waals surface area contributed by atoms with Gasteiger partial charge in [0.2, 0.25) is 0 Å². The lowest BCUT2D eigenvalue weighted by molar-refractivity contribution is -0.137. The van der Waals surface area contributed by atoms with Gasteiger partial charge in [-0.3, -0.25) is 4.79 Å². The van der Waals surface area contributed by atoms with Crippen LogP contribution >= 0.6 is 11.6 Å². The largest absolute Gasteiger partial charge is 0.465 e. The fraction of sp³-hybridized carbons (Fsp3) is 0.200. The van der Waals surface area contributed by atoms with Crippen molar-refractivity contribution in [3.8, 4) is 0 Å². The Balaban J connectivity index is 2.88. The fourth-order valence-corrected chi connectivity index (χ4v) is 1.62. The van der Waals surface area contributed by atoms with Crippen LogP contribution in [0.1, 0.15) is 12.5 Å². The van der Waals surface area contributed by atoms with Crippen molar-refractivity contribution in [2.45, 2.75) is 6.92 Å². The van der Waals surface area contributed by atoms with E-state index in [-0.39, 0.29) is 5.57 Å². The van der Waals surface area contributed by atoms with Gasteiger partial charge < -0.3 is 10.1 Å². The number of rotatable bonds is 6. The van der Waals surface area contributed by atoms with Crippen molar-refractivity contribution in [2.24, 2.45) is 0 Å². The molecule has 0 fully saturated rings. The Kier molecular flexibility index (Phi) is 6.53. The maximum atomic E-state index is 12.0. The Labute approximate surface area is 123 Å². The first-order chi connectivity index (χ1) is 9.58. The second-order valence-electron chi connectivity index (χ2n) is 3.86. The van der Waals surface area contributed by atoms with Crippen molar-refractivity contribution in [3.05, 3.63) is 52.7 Å². The maximum absolute atomic E-state index is 12.0. The van der Waals surface area contributed by atoms with Crippen molar-refractivity contribution < 1.29 is 14.3 Å². The highest BCUT2D eigenvalue weighted by Gasteiger charge is 2.16. The van der Waals surface area contributed by atoms with Gasteiger partial charge in [0.25, 0.3) is 0 Å². The summed E-state index contributed by atoms with van der Waals surface area (Å²) in [7, 11) is 1.23. The molecule has 0 atom stereocenters. The van der Waals surface area contributed by atoms with Gasteiger partial charge in [-0.15, -0.1) is 0 Å². The number of ketones is 1. The van der Waals surface area contributed by atoms with E-state index in [1.807, 2.05) is 13.0 Å². The average molecular weight is 294 g/mol. The Bertz CT molecular complexity index is 550. The van der Waals surface area contributed by atoms with E-state index in [4.69, 9.17) is 11.6 Å². The minimum atomic E-state index is -0.674. The molecule has 4 nitrogen and oxygen atoms in total. The molecule has 106 valence electrons. The van der Waals surface area contributed by atoms with Crippen molar-refractivity contribution in [1.29, 1.82) is 0 Å². The van der Waals surface area contributed by atoms with Gasteiger partial charge in [-0.2, -0.15) is 0 Å². The van der Waals surface area contributed by atoms with Crippen LogP contribution in [-0.2, 0) is 14.3 Å².